The largest absolute Gasteiger partial charge is 0.317 e. The number of anilines is 1. The molecule has 2 N–H and O–H groups in total. The molecule has 4 nitrogen and oxygen atoms in total. The molecule has 0 aliphatic carbocycles. The highest BCUT2D eigenvalue weighted by molar-refractivity contribution is 7.14. The van der Waals surface area contributed by atoms with E-state index < -0.39 is 0 Å². The molecule has 0 radical (unpaired) electrons. The second-order valence-corrected chi connectivity index (χ2v) is 5.92. The molecule has 1 fully saturated rings. The number of thiazole rings is 1. The predicted octanol–water partition coefficient (Wildman–Crippen LogP) is 2.89. The summed E-state index contributed by atoms with van der Waals surface area (Å²) in [6.07, 6.45) is 1.71. The van der Waals surface area contributed by atoms with Crippen LogP contribution in [-0.4, -0.2) is 24.0 Å². The zero-order valence-electron chi connectivity index (χ0n) is 11.4. The van der Waals surface area contributed by atoms with Crippen LogP contribution in [0, 0.1) is 11.7 Å². The first-order valence-corrected chi connectivity index (χ1v) is 7.83. The highest BCUT2D eigenvalue weighted by Crippen LogP contribution is 2.26. The van der Waals surface area contributed by atoms with Crippen LogP contribution in [0.3, 0.4) is 0 Å². The van der Waals surface area contributed by atoms with Crippen LogP contribution in [0.4, 0.5) is 9.52 Å². The summed E-state index contributed by atoms with van der Waals surface area (Å²) in [5, 5.41) is 8.49. The van der Waals surface area contributed by atoms with Crippen LogP contribution >= 0.6 is 11.3 Å². The summed E-state index contributed by atoms with van der Waals surface area (Å²) in [6, 6.07) is 6.29. The van der Waals surface area contributed by atoms with Crippen molar-refractivity contribution in [3.63, 3.8) is 0 Å². The number of rotatable bonds is 3. The zero-order chi connectivity index (χ0) is 14.7. The number of hydrogen-bond acceptors (Lipinski definition) is 4. The SMILES string of the molecule is O=C(Nc1nc(-c2cccc(F)c2)cs1)C1CCNCC1. The van der Waals surface area contributed by atoms with Gasteiger partial charge in [-0.1, -0.05) is 12.1 Å². The fourth-order valence-electron chi connectivity index (χ4n) is 2.40. The van der Waals surface area contributed by atoms with Crippen molar-refractivity contribution < 1.29 is 9.18 Å². The lowest BCUT2D eigenvalue weighted by Gasteiger charge is -2.20. The third kappa shape index (κ3) is 3.46. The number of carbonyl (C=O) groups is 1. The van der Waals surface area contributed by atoms with E-state index in [-0.39, 0.29) is 17.6 Å². The topological polar surface area (TPSA) is 54.0 Å². The molecule has 0 saturated carbocycles. The van der Waals surface area contributed by atoms with Gasteiger partial charge in [-0.3, -0.25) is 4.79 Å². The molecule has 3 rings (SSSR count). The molecule has 2 heterocycles. The number of piperidine rings is 1. The Morgan fingerprint density at radius 1 is 1.38 bits per heavy atom. The Balaban J connectivity index is 1.69. The fraction of sp³-hybridized carbons (Fsp3) is 0.333. The lowest BCUT2D eigenvalue weighted by molar-refractivity contribution is -0.120. The predicted molar refractivity (Wildman–Crippen MR) is 81.7 cm³/mol. The molecule has 1 aliphatic rings. The van der Waals surface area contributed by atoms with Crippen molar-refractivity contribution in [2.75, 3.05) is 18.4 Å². The van der Waals surface area contributed by atoms with E-state index in [0.717, 1.165) is 25.9 Å². The normalized spacial score (nSPS) is 15.9. The maximum absolute atomic E-state index is 13.2. The Morgan fingerprint density at radius 2 is 2.19 bits per heavy atom. The van der Waals surface area contributed by atoms with Gasteiger partial charge in [0, 0.05) is 16.9 Å². The first-order chi connectivity index (χ1) is 10.2. The number of halogens is 1. The fourth-order valence-corrected chi connectivity index (χ4v) is 3.13. The molecule has 0 bridgehead atoms. The van der Waals surface area contributed by atoms with Crippen molar-refractivity contribution in [3.8, 4) is 11.3 Å². The average molecular weight is 305 g/mol. The molecule has 1 aromatic carbocycles. The van der Waals surface area contributed by atoms with Gasteiger partial charge in [-0.05, 0) is 38.1 Å². The van der Waals surface area contributed by atoms with Crippen LogP contribution in [0.1, 0.15) is 12.8 Å². The number of nitrogens with one attached hydrogen (secondary N) is 2. The first-order valence-electron chi connectivity index (χ1n) is 6.95. The van der Waals surface area contributed by atoms with Crippen LogP contribution in [0.15, 0.2) is 29.6 Å². The van der Waals surface area contributed by atoms with E-state index in [4.69, 9.17) is 0 Å². The summed E-state index contributed by atoms with van der Waals surface area (Å²) < 4.78 is 13.2. The van der Waals surface area contributed by atoms with E-state index in [1.54, 1.807) is 12.1 Å². The molecular weight excluding hydrogens is 289 g/mol. The molecule has 6 heteroatoms. The van der Waals surface area contributed by atoms with E-state index in [1.807, 2.05) is 5.38 Å². The maximum atomic E-state index is 13.2. The summed E-state index contributed by atoms with van der Waals surface area (Å²) in [6.45, 7) is 1.76. The van der Waals surface area contributed by atoms with Gasteiger partial charge in [0.2, 0.25) is 5.91 Å². The minimum Gasteiger partial charge on any atom is -0.317 e. The number of nitrogens with zero attached hydrogens (tertiary/aromatic N) is 1. The zero-order valence-corrected chi connectivity index (χ0v) is 12.3. The van der Waals surface area contributed by atoms with Crippen LogP contribution in [0.2, 0.25) is 0 Å². The summed E-state index contributed by atoms with van der Waals surface area (Å²) in [4.78, 5) is 16.5. The quantitative estimate of drug-likeness (QED) is 0.917. The molecular formula is C15H16FN3OS. The Kier molecular flexibility index (Phi) is 4.26. The third-order valence-corrected chi connectivity index (χ3v) is 4.32. The Labute approximate surface area is 126 Å². The number of amides is 1. The third-order valence-electron chi connectivity index (χ3n) is 3.56. The smallest absolute Gasteiger partial charge is 0.229 e. The number of hydrogen-bond donors (Lipinski definition) is 2. The van der Waals surface area contributed by atoms with Crippen molar-refractivity contribution in [2.24, 2.45) is 5.92 Å². The standard InChI is InChI=1S/C15H16FN3OS/c16-12-3-1-2-11(8-12)13-9-21-15(18-13)19-14(20)10-4-6-17-7-5-10/h1-3,8-10,17H,4-7H2,(H,18,19,20). The molecule has 110 valence electrons. The Hall–Kier alpha value is -1.79. The number of benzene rings is 1. The molecule has 1 aromatic heterocycles. The molecule has 0 unspecified atom stereocenters. The highest BCUT2D eigenvalue weighted by Gasteiger charge is 2.21. The van der Waals surface area contributed by atoms with Gasteiger partial charge in [-0.15, -0.1) is 11.3 Å². The highest BCUT2D eigenvalue weighted by atomic mass is 32.1. The Bertz CT molecular complexity index is 637. The average Bonchev–Trinajstić information content (AvgIpc) is 2.97. The summed E-state index contributed by atoms with van der Waals surface area (Å²) in [5.41, 5.74) is 1.40. The molecule has 1 aliphatic heterocycles. The lowest BCUT2D eigenvalue weighted by Crippen LogP contribution is -2.34. The van der Waals surface area contributed by atoms with Crippen LogP contribution in [-0.2, 0) is 4.79 Å². The van der Waals surface area contributed by atoms with Crippen molar-refractivity contribution in [1.82, 2.24) is 10.3 Å². The van der Waals surface area contributed by atoms with Gasteiger partial charge in [0.1, 0.15) is 5.82 Å². The number of carbonyl (C=O) groups excluding carboxylic acids is 1. The minimum absolute atomic E-state index is 0.0247. The Morgan fingerprint density at radius 3 is 2.95 bits per heavy atom. The first kappa shape index (κ1) is 14.2. The van der Waals surface area contributed by atoms with Crippen LogP contribution < -0.4 is 10.6 Å². The lowest BCUT2D eigenvalue weighted by atomic mass is 9.97. The molecule has 2 aromatic rings. The molecule has 0 atom stereocenters. The molecule has 21 heavy (non-hydrogen) atoms. The second-order valence-electron chi connectivity index (χ2n) is 5.06. The van der Waals surface area contributed by atoms with E-state index >= 15 is 0 Å². The van der Waals surface area contributed by atoms with Gasteiger partial charge in [0.05, 0.1) is 5.69 Å². The number of aromatic nitrogens is 1. The van der Waals surface area contributed by atoms with Gasteiger partial charge in [0.15, 0.2) is 5.13 Å². The summed E-state index contributed by atoms with van der Waals surface area (Å²) in [5.74, 6) is -0.217. The minimum atomic E-state index is -0.291. The van der Waals surface area contributed by atoms with Crippen molar-refractivity contribution in [1.29, 1.82) is 0 Å². The van der Waals surface area contributed by atoms with Crippen LogP contribution in [0.5, 0.6) is 0 Å². The van der Waals surface area contributed by atoms with Gasteiger partial charge in [-0.2, -0.15) is 0 Å². The van der Waals surface area contributed by atoms with E-state index in [9.17, 15) is 9.18 Å². The van der Waals surface area contributed by atoms with Gasteiger partial charge >= 0.3 is 0 Å². The summed E-state index contributed by atoms with van der Waals surface area (Å²) >= 11 is 1.36. The second kappa shape index (κ2) is 6.32. The monoisotopic (exact) mass is 305 g/mol. The van der Waals surface area contributed by atoms with Crippen molar-refractivity contribution in [3.05, 3.63) is 35.5 Å². The van der Waals surface area contributed by atoms with Crippen molar-refractivity contribution >= 4 is 22.4 Å². The van der Waals surface area contributed by atoms with Gasteiger partial charge in [-0.25, -0.2) is 9.37 Å². The maximum Gasteiger partial charge on any atom is 0.229 e. The van der Waals surface area contributed by atoms with E-state index in [1.165, 1.54) is 23.5 Å². The summed E-state index contributed by atoms with van der Waals surface area (Å²) in [7, 11) is 0. The van der Waals surface area contributed by atoms with Crippen LogP contribution in [0.25, 0.3) is 11.3 Å². The van der Waals surface area contributed by atoms with Gasteiger partial charge in [0.25, 0.3) is 0 Å². The van der Waals surface area contributed by atoms with Gasteiger partial charge < -0.3 is 10.6 Å². The van der Waals surface area contributed by atoms with E-state index in [2.05, 4.69) is 15.6 Å². The van der Waals surface area contributed by atoms with Crippen molar-refractivity contribution in [2.45, 2.75) is 12.8 Å². The molecule has 1 amide bonds. The molecule has 1 saturated heterocycles. The van der Waals surface area contributed by atoms with E-state index in [0.29, 0.717) is 16.4 Å². The molecule has 0 spiro atoms.